The highest BCUT2D eigenvalue weighted by atomic mass is 32.1. The van der Waals surface area contributed by atoms with Crippen LogP contribution in [0.1, 0.15) is 21.6 Å². The molecule has 0 saturated heterocycles. The van der Waals surface area contributed by atoms with E-state index in [1.54, 1.807) is 10.6 Å². The van der Waals surface area contributed by atoms with Crippen molar-refractivity contribution < 1.29 is 9.90 Å². The summed E-state index contributed by atoms with van der Waals surface area (Å²) < 4.78 is 1.62. The van der Waals surface area contributed by atoms with Gasteiger partial charge in [0.05, 0.1) is 0 Å². The van der Waals surface area contributed by atoms with E-state index >= 15 is 0 Å². The molecule has 0 aliphatic heterocycles. The molecule has 108 valence electrons. The number of carboxylic acids is 1. The van der Waals surface area contributed by atoms with Crippen molar-refractivity contribution in [1.29, 1.82) is 0 Å². The van der Waals surface area contributed by atoms with E-state index in [0.717, 1.165) is 5.56 Å². The third-order valence-corrected chi connectivity index (χ3v) is 4.23. The highest BCUT2D eigenvalue weighted by molar-refractivity contribution is 7.15. The minimum absolute atomic E-state index is 0.210. The molecular formula is C15H15N3O2S. The number of hydrogen-bond acceptors (Lipinski definition) is 4. The Hall–Kier alpha value is -2.34. The lowest BCUT2D eigenvalue weighted by molar-refractivity contribution is 0.0690. The van der Waals surface area contributed by atoms with E-state index in [4.69, 9.17) is 0 Å². The maximum absolute atomic E-state index is 11.5. The Balaban J connectivity index is 2.00. The number of carbonyl (C=O) groups is 1. The first kappa shape index (κ1) is 13.6. The van der Waals surface area contributed by atoms with Gasteiger partial charge < -0.3 is 10.0 Å². The van der Waals surface area contributed by atoms with E-state index in [2.05, 4.69) is 4.98 Å². The molecule has 0 atom stereocenters. The van der Waals surface area contributed by atoms with Gasteiger partial charge in [-0.3, -0.25) is 4.40 Å². The van der Waals surface area contributed by atoms with Crippen molar-refractivity contribution in [2.45, 2.75) is 13.5 Å². The van der Waals surface area contributed by atoms with Crippen LogP contribution >= 0.6 is 11.3 Å². The number of hydrogen-bond donors (Lipinski definition) is 1. The summed E-state index contributed by atoms with van der Waals surface area (Å²) in [5.41, 5.74) is 2.55. The van der Waals surface area contributed by atoms with E-state index in [1.165, 1.54) is 16.9 Å². The molecule has 21 heavy (non-hydrogen) atoms. The van der Waals surface area contributed by atoms with Crippen LogP contribution < -0.4 is 4.90 Å². The van der Waals surface area contributed by atoms with Crippen molar-refractivity contribution in [3.8, 4) is 0 Å². The molecule has 0 fully saturated rings. The van der Waals surface area contributed by atoms with E-state index in [1.807, 2.05) is 48.5 Å². The van der Waals surface area contributed by atoms with Crippen LogP contribution in [0.15, 0.2) is 35.8 Å². The van der Waals surface area contributed by atoms with Crippen molar-refractivity contribution in [1.82, 2.24) is 9.38 Å². The summed E-state index contributed by atoms with van der Waals surface area (Å²) in [5, 5.41) is 11.3. The maximum atomic E-state index is 11.5. The molecule has 3 rings (SSSR count). The van der Waals surface area contributed by atoms with Crippen LogP contribution in [0.5, 0.6) is 0 Å². The summed E-state index contributed by atoms with van der Waals surface area (Å²) in [5.74, 6) is -0.467. The zero-order chi connectivity index (χ0) is 15.0. The van der Waals surface area contributed by atoms with Crippen LogP contribution in [0.25, 0.3) is 4.96 Å². The van der Waals surface area contributed by atoms with Gasteiger partial charge in [-0.25, -0.2) is 9.78 Å². The molecule has 1 N–H and O–H groups in total. The molecule has 0 amide bonds. The van der Waals surface area contributed by atoms with Gasteiger partial charge in [0.1, 0.15) is 0 Å². The second-order valence-electron chi connectivity index (χ2n) is 4.93. The summed E-state index contributed by atoms with van der Waals surface area (Å²) >= 11 is 1.43. The molecule has 0 aliphatic carbocycles. The van der Waals surface area contributed by atoms with Gasteiger partial charge in [0, 0.05) is 25.2 Å². The molecular weight excluding hydrogens is 286 g/mol. The maximum Gasteiger partial charge on any atom is 0.356 e. The SMILES string of the molecule is Cc1ccccc1CN(C)c1nc2sccn2c1C(=O)O. The number of aromatic nitrogens is 2. The van der Waals surface area contributed by atoms with Gasteiger partial charge in [-0.1, -0.05) is 24.3 Å². The van der Waals surface area contributed by atoms with Crippen molar-refractivity contribution in [3.63, 3.8) is 0 Å². The highest BCUT2D eigenvalue weighted by Gasteiger charge is 2.22. The number of nitrogens with zero attached hydrogens (tertiary/aromatic N) is 3. The average Bonchev–Trinajstić information content (AvgIpc) is 3.00. The first-order valence-electron chi connectivity index (χ1n) is 6.52. The summed E-state index contributed by atoms with van der Waals surface area (Å²) in [6, 6.07) is 8.08. The average molecular weight is 301 g/mol. The van der Waals surface area contributed by atoms with Crippen LogP contribution in [0, 0.1) is 6.92 Å². The van der Waals surface area contributed by atoms with E-state index in [-0.39, 0.29) is 5.69 Å². The summed E-state index contributed by atoms with van der Waals surface area (Å²) in [6.07, 6.45) is 1.74. The lowest BCUT2D eigenvalue weighted by atomic mass is 10.1. The number of imidazole rings is 1. The zero-order valence-corrected chi connectivity index (χ0v) is 12.6. The van der Waals surface area contributed by atoms with Crippen LogP contribution in [0.4, 0.5) is 5.82 Å². The van der Waals surface area contributed by atoms with Crippen molar-refractivity contribution in [3.05, 3.63) is 52.7 Å². The third-order valence-electron chi connectivity index (χ3n) is 3.48. The third kappa shape index (κ3) is 2.38. The van der Waals surface area contributed by atoms with E-state index in [9.17, 15) is 9.90 Å². The molecule has 6 heteroatoms. The second kappa shape index (κ2) is 5.21. The number of fused-ring (bicyclic) bond motifs is 1. The van der Waals surface area contributed by atoms with Crippen molar-refractivity contribution in [2.24, 2.45) is 0 Å². The zero-order valence-electron chi connectivity index (χ0n) is 11.8. The first-order valence-corrected chi connectivity index (χ1v) is 7.40. The fourth-order valence-electron chi connectivity index (χ4n) is 2.36. The molecule has 0 spiro atoms. The Kier molecular flexibility index (Phi) is 3.39. The Morgan fingerprint density at radius 2 is 2.19 bits per heavy atom. The molecule has 0 radical (unpaired) electrons. The molecule has 5 nitrogen and oxygen atoms in total. The molecule has 3 aromatic rings. The summed E-state index contributed by atoms with van der Waals surface area (Å²) in [7, 11) is 1.87. The number of anilines is 1. The Morgan fingerprint density at radius 1 is 1.43 bits per heavy atom. The summed E-state index contributed by atoms with van der Waals surface area (Å²) in [6.45, 7) is 2.67. The van der Waals surface area contributed by atoms with Crippen LogP contribution in [-0.2, 0) is 6.54 Å². The van der Waals surface area contributed by atoms with E-state index < -0.39 is 5.97 Å². The van der Waals surface area contributed by atoms with Gasteiger partial charge in [0.2, 0.25) is 0 Å². The van der Waals surface area contributed by atoms with Crippen LogP contribution in [-0.4, -0.2) is 27.5 Å². The smallest absolute Gasteiger partial charge is 0.356 e. The Labute approximate surface area is 126 Å². The van der Waals surface area contributed by atoms with Crippen LogP contribution in [0.2, 0.25) is 0 Å². The summed E-state index contributed by atoms with van der Waals surface area (Å²) in [4.78, 5) is 18.6. The van der Waals surface area contributed by atoms with E-state index in [0.29, 0.717) is 17.3 Å². The molecule has 0 saturated carbocycles. The van der Waals surface area contributed by atoms with Gasteiger partial charge in [-0.05, 0) is 18.1 Å². The fraction of sp³-hybridized carbons (Fsp3) is 0.200. The normalized spacial score (nSPS) is 11.0. The van der Waals surface area contributed by atoms with Gasteiger partial charge in [-0.15, -0.1) is 11.3 Å². The topological polar surface area (TPSA) is 57.8 Å². The Bertz CT molecular complexity index is 806. The number of aryl methyl sites for hydroxylation is 1. The number of thiazole rings is 1. The second-order valence-corrected chi connectivity index (χ2v) is 5.80. The standard InChI is InChI=1S/C15H15N3O2S/c1-10-5-3-4-6-11(10)9-17(2)13-12(14(19)20)18-7-8-21-15(18)16-13/h3-8H,9H2,1-2H3,(H,19,20). The van der Waals surface area contributed by atoms with Crippen molar-refractivity contribution in [2.75, 3.05) is 11.9 Å². The fourth-order valence-corrected chi connectivity index (χ4v) is 3.07. The van der Waals surface area contributed by atoms with Gasteiger partial charge in [0.25, 0.3) is 0 Å². The van der Waals surface area contributed by atoms with Gasteiger partial charge in [-0.2, -0.15) is 0 Å². The number of rotatable bonds is 4. The lowest BCUT2D eigenvalue weighted by Crippen LogP contribution is -2.20. The van der Waals surface area contributed by atoms with Gasteiger partial charge in [0.15, 0.2) is 16.5 Å². The van der Waals surface area contributed by atoms with Crippen molar-refractivity contribution >= 4 is 28.1 Å². The molecule has 0 aliphatic rings. The highest BCUT2D eigenvalue weighted by Crippen LogP contribution is 2.25. The monoisotopic (exact) mass is 301 g/mol. The molecule has 0 bridgehead atoms. The molecule has 2 aromatic heterocycles. The number of carboxylic acid groups (broad SMARTS) is 1. The first-order chi connectivity index (χ1) is 10.1. The predicted octanol–water partition coefficient (Wildman–Crippen LogP) is 3.04. The minimum Gasteiger partial charge on any atom is -0.476 e. The Morgan fingerprint density at radius 3 is 2.90 bits per heavy atom. The molecule has 2 heterocycles. The quantitative estimate of drug-likeness (QED) is 0.804. The van der Waals surface area contributed by atoms with Gasteiger partial charge >= 0.3 is 5.97 Å². The lowest BCUT2D eigenvalue weighted by Gasteiger charge is -2.18. The minimum atomic E-state index is -0.965. The number of benzene rings is 1. The largest absolute Gasteiger partial charge is 0.476 e. The predicted molar refractivity (Wildman–Crippen MR) is 83.3 cm³/mol. The molecule has 0 unspecified atom stereocenters. The van der Waals surface area contributed by atoms with Crippen LogP contribution in [0.3, 0.4) is 0 Å². The molecule has 1 aromatic carbocycles. The number of aromatic carboxylic acids is 1.